The van der Waals surface area contributed by atoms with E-state index in [9.17, 15) is 0 Å². The molecule has 2 rings (SSSR count). The van der Waals surface area contributed by atoms with Gasteiger partial charge in [0.1, 0.15) is 11.6 Å². The van der Waals surface area contributed by atoms with Gasteiger partial charge in [0, 0.05) is 20.6 Å². The highest BCUT2D eigenvalue weighted by atomic mass is 16.5. The van der Waals surface area contributed by atoms with E-state index in [4.69, 9.17) is 10.5 Å². The lowest BCUT2D eigenvalue weighted by Crippen LogP contribution is -2.20. The molecular weight excluding hydrogens is 264 g/mol. The number of hydrogen-bond donors (Lipinski definition) is 1. The Bertz CT molecular complexity index is 606. The highest BCUT2D eigenvalue weighted by Crippen LogP contribution is 2.27. The van der Waals surface area contributed by atoms with Crippen LogP contribution in [-0.2, 0) is 20.0 Å². The van der Waals surface area contributed by atoms with Crippen molar-refractivity contribution in [3.8, 4) is 5.75 Å². The van der Waals surface area contributed by atoms with Crippen molar-refractivity contribution < 1.29 is 4.74 Å². The topological polar surface area (TPSA) is 56.3 Å². The minimum atomic E-state index is 0.756. The Kier molecular flexibility index (Phi) is 4.73. The molecule has 0 aliphatic carbocycles. The van der Waals surface area contributed by atoms with Crippen molar-refractivity contribution in [3.63, 3.8) is 0 Å². The van der Waals surface area contributed by atoms with Crippen LogP contribution in [0.3, 0.4) is 0 Å². The molecule has 21 heavy (non-hydrogen) atoms. The quantitative estimate of drug-likeness (QED) is 0.887. The first-order chi connectivity index (χ1) is 10.1. The Hall–Kier alpha value is -2.17. The van der Waals surface area contributed by atoms with E-state index in [1.807, 2.05) is 37.0 Å². The summed E-state index contributed by atoms with van der Waals surface area (Å²) in [7, 11) is 5.65. The Morgan fingerprint density at radius 1 is 1.38 bits per heavy atom. The number of aryl methyl sites for hydroxylation is 2. The largest absolute Gasteiger partial charge is 0.497 e. The molecule has 0 unspecified atom stereocenters. The van der Waals surface area contributed by atoms with E-state index in [1.165, 1.54) is 5.56 Å². The molecule has 5 heteroatoms. The fourth-order valence-corrected chi connectivity index (χ4v) is 2.58. The molecule has 114 valence electrons. The van der Waals surface area contributed by atoms with Gasteiger partial charge >= 0.3 is 0 Å². The van der Waals surface area contributed by atoms with Gasteiger partial charge in [0.2, 0.25) is 0 Å². The monoisotopic (exact) mass is 288 g/mol. The van der Waals surface area contributed by atoms with Gasteiger partial charge in [-0.05, 0) is 24.1 Å². The van der Waals surface area contributed by atoms with Crippen molar-refractivity contribution in [2.75, 3.05) is 24.8 Å². The maximum absolute atomic E-state index is 6.25. The standard InChI is InChI=1S/C16H24N4O/c1-5-7-14-15(17)16(20(3)18-14)19(2)11-12-8-6-9-13(10-12)21-4/h6,8-10H,5,7,11,17H2,1-4H3. The number of ether oxygens (including phenoxy) is 1. The van der Waals surface area contributed by atoms with E-state index >= 15 is 0 Å². The third kappa shape index (κ3) is 3.29. The highest BCUT2D eigenvalue weighted by molar-refractivity contribution is 5.66. The number of rotatable bonds is 6. The molecule has 0 aliphatic heterocycles. The van der Waals surface area contributed by atoms with Gasteiger partial charge in [0.05, 0.1) is 18.5 Å². The molecule has 0 radical (unpaired) electrons. The summed E-state index contributed by atoms with van der Waals surface area (Å²) in [6.45, 7) is 2.89. The van der Waals surface area contributed by atoms with Crippen molar-refractivity contribution in [2.24, 2.45) is 7.05 Å². The Morgan fingerprint density at radius 2 is 2.14 bits per heavy atom. The van der Waals surface area contributed by atoms with Gasteiger partial charge in [-0.1, -0.05) is 25.5 Å². The van der Waals surface area contributed by atoms with Crippen LogP contribution < -0.4 is 15.4 Å². The van der Waals surface area contributed by atoms with E-state index in [0.717, 1.165) is 42.3 Å². The lowest BCUT2D eigenvalue weighted by molar-refractivity contribution is 0.414. The van der Waals surface area contributed by atoms with Gasteiger partial charge in [-0.15, -0.1) is 0 Å². The van der Waals surface area contributed by atoms with Crippen molar-refractivity contribution in [1.82, 2.24) is 9.78 Å². The third-order valence-corrected chi connectivity index (χ3v) is 3.53. The number of nitrogen functional groups attached to an aromatic ring is 1. The zero-order chi connectivity index (χ0) is 15.4. The molecule has 5 nitrogen and oxygen atoms in total. The third-order valence-electron chi connectivity index (χ3n) is 3.53. The summed E-state index contributed by atoms with van der Waals surface area (Å²) < 4.78 is 7.13. The average Bonchev–Trinajstić information content (AvgIpc) is 2.74. The van der Waals surface area contributed by atoms with Gasteiger partial charge in [-0.3, -0.25) is 4.68 Å². The number of nitrogens with zero attached hydrogens (tertiary/aromatic N) is 3. The smallest absolute Gasteiger partial charge is 0.150 e. The van der Waals surface area contributed by atoms with Crippen LogP contribution in [0.5, 0.6) is 5.75 Å². The molecule has 0 aliphatic rings. The van der Waals surface area contributed by atoms with Gasteiger partial charge in [0.15, 0.2) is 0 Å². The van der Waals surface area contributed by atoms with E-state index in [-0.39, 0.29) is 0 Å². The summed E-state index contributed by atoms with van der Waals surface area (Å²) in [5.74, 6) is 1.83. The zero-order valence-corrected chi connectivity index (χ0v) is 13.3. The van der Waals surface area contributed by atoms with E-state index in [2.05, 4.69) is 23.0 Å². The fraction of sp³-hybridized carbons (Fsp3) is 0.438. The SMILES string of the molecule is CCCc1nn(C)c(N(C)Cc2cccc(OC)c2)c1N. The van der Waals surface area contributed by atoms with Gasteiger partial charge in [0.25, 0.3) is 0 Å². The van der Waals surface area contributed by atoms with Crippen LogP contribution in [0.15, 0.2) is 24.3 Å². The molecule has 1 aromatic heterocycles. The molecule has 0 spiro atoms. The van der Waals surface area contributed by atoms with Crippen molar-refractivity contribution in [3.05, 3.63) is 35.5 Å². The predicted octanol–water partition coefficient (Wildman–Crippen LogP) is 2.60. The maximum Gasteiger partial charge on any atom is 0.150 e. The first-order valence-electron chi connectivity index (χ1n) is 7.22. The highest BCUT2D eigenvalue weighted by Gasteiger charge is 2.16. The molecule has 2 aromatic rings. The summed E-state index contributed by atoms with van der Waals surface area (Å²) in [4.78, 5) is 2.12. The summed E-state index contributed by atoms with van der Waals surface area (Å²) in [5.41, 5.74) is 9.19. The van der Waals surface area contributed by atoms with Gasteiger partial charge in [-0.2, -0.15) is 5.10 Å². The van der Waals surface area contributed by atoms with Crippen LogP contribution in [0.4, 0.5) is 11.5 Å². The van der Waals surface area contributed by atoms with E-state index in [1.54, 1.807) is 7.11 Å². The molecule has 0 bridgehead atoms. The van der Waals surface area contributed by atoms with Gasteiger partial charge < -0.3 is 15.4 Å². The molecule has 0 fully saturated rings. The first kappa shape index (κ1) is 15.2. The number of methoxy groups -OCH3 is 1. The Morgan fingerprint density at radius 3 is 2.81 bits per heavy atom. The second kappa shape index (κ2) is 6.52. The molecule has 0 atom stereocenters. The molecule has 1 aromatic carbocycles. The van der Waals surface area contributed by atoms with Crippen molar-refractivity contribution >= 4 is 11.5 Å². The Labute approximate surface area is 126 Å². The number of aromatic nitrogens is 2. The van der Waals surface area contributed by atoms with Crippen molar-refractivity contribution in [2.45, 2.75) is 26.3 Å². The van der Waals surface area contributed by atoms with E-state index in [0.29, 0.717) is 0 Å². The summed E-state index contributed by atoms with van der Waals surface area (Å²) in [6.07, 6.45) is 1.95. The number of anilines is 2. The lowest BCUT2D eigenvalue weighted by Gasteiger charge is -2.20. The second-order valence-corrected chi connectivity index (χ2v) is 5.27. The summed E-state index contributed by atoms with van der Waals surface area (Å²) >= 11 is 0. The Balaban J connectivity index is 2.21. The maximum atomic E-state index is 6.25. The number of hydrogen-bond acceptors (Lipinski definition) is 4. The van der Waals surface area contributed by atoms with Crippen molar-refractivity contribution in [1.29, 1.82) is 0 Å². The molecule has 0 saturated carbocycles. The summed E-state index contributed by atoms with van der Waals surface area (Å²) in [5, 5.41) is 4.52. The number of benzene rings is 1. The van der Waals surface area contributed by atoms with Crippen LogP contribution in [0.1, 0.15) is 24.6 Å². The molecule has 0 amide bonds. The van der Waals surface area contributed by atoms with E-state index < -0.39 is 0 Å². The molecule has 2 N–H and O–H groups in total. The van der Waals surface area contributed by atoms with Crippen LogP contribution in [0.2, 0.25) is 0 Å². The average molecular weight is 288 g/mol. The van der Waals surface area contributed by atoms with Crippen LogP contribution in [0, 0.1) is 0 Å². The van der Waals surface area contributed by atoms with Crippen LogP contribution >= 0.6 is 0 Å². The normalized spacial score (nSPS) is 10.7. The summed E-state index contributed by atoms with van der Waals surface area (Å²) in [6, 6.07) is 8.06. The van der Waals surface area contributed by atoms with Crippen LogP contribution in [0.25, 0.3) is 0 Å². The van der Waals surface area contributed by atoms with Crippen LogP contribution in [-0.4, -0.2) is 23.9 Å². The molecule has 1 heterocycles. The first-order valence-corrected chi connectivity index (χ1v) is 7.22. The zero-order valence-electron chi connectivity index (χ0n) is 13.3. The number of nitrogens with two attached hydrogens (primary N) is 1. The molecule has 0 saturated heterocycles. The van der Waals surface area contributed by atoms with Gasteiger partial charge in [-0.25, -0.2) is 0 Å². The second-order valence-electron chi connectivity index (χ2n) is 5.27. The lowest BCUT2D eigenvalue weighted by atomic mass is 10.2. The minimum absolute atomic E-state index is 0.756. The minimum Gasteiger partial charge on any atom is -0.497 e. The fourth-order valence-electron chi connectivity index (χ4n) is 2.58. The molecular formula is C16H24N4O. The predicted molar refractivity (Wildman–Crippen MR) is 86.7 cm³/mol.